The van der Waals surface area contributed by atoms with Crippen molar-refractivity contribution in [2.24, 2.45) is 0 Å². The Bertz CT molecular complexity index is 705. The fraction of sp³-hybridized carbons (Fsp3) is 0.462. The summed E-state index contributed by atoms with van der Waals surface area (Å²) in [5.41, 5.74) is -1.06. The molecular formula is C13H15F3N2O4S. The number of halogens is 3. The van der Waals surface area contributed by atoms with Crippen LogP contribution < -0.4 is 4.72 Å². The number of benzene rings is 1. The number of likely N-dealkylation sites (tertiary alicyclic amines) is 1. The van der Waals surface area contributed by atoms with Gasteiger partial charge in [-0.1, -0.05) is 6.07 Å². The number of carboxylic acid groups (broad SMARTS) is 1. The molecule has 0 aliphatic carbocycles. The molecule has 0 spiro atoms. The summed E-state index contributed by atoms with van der Waals surface area (Å²) in [5, 5.41) is 8.97. The Morgan fingerprint density at radius 3 is 2.57 bits per heavy atom. The highest BCUT2D eigenvalue weighted by Gasteiger charge is 2.36. The van der Waals surface area contributed by atoms with Gasteiger partial charge in [-0.3, -0.25) is 0 Å². The van der Waals surface area contributed by atoms with Crippen LogP contribution in [-0.4, -0.2) is 43.1 Å². The van der Waals surface area contributed by atoms with Gasteiger partial charge in [-0.25, -0.2) is 17.9 Å². The fourth-order valence-electron chi connectivity index (χ4n) is 2.51. The normalized spacial score (nSPS) is 22.3. The highest BCUT2D eigenvalue weighted by Crippen LogP contribution is 2.30. The molecule has 1 saturated heterocycles. The van der Waals surface area contributed by atoms with Gasteiger partial charge < -0.3 is 10.0 Å². The van der Waals surface area contributed by atoms with Crippen molar-refractivity contribution < 1.29 is 31.5 Å². The van der Waals surface area contributed by atoms with Gasteiger partial charge in [0.15, 0.2) is 0 Å². The number of carbonyl (C=O) groups is 1. The zero-order valence-electron chi connectivity index (χ0n) is 12.0. The Morgan fingerprint density at radius 1 is 1.39 bits per heavy atom. The van der Waals surface area contributed by atoms with E-state index in [1.54, 1.807) is 6.92 Å². The average molecular weight is 352 g/mol. The van der Waals surface area contributed by atoms with Crippen molar-refractivity contribution in [3.8, 4) is 0 Å². The van der Waals surface area contributed by atoms with Crippen molar-refractivity contribution >= 4 is 16.1 Å². The van der Waals surface area contributed by atoms with Crippen LogP contribution in [0.5, 0.6) is 0 Å². The number of sulfonamides is 1. The van der Waals surface area contributed by atoms with Crippen LogP contribution >= 0.6 is 0 Å². The van der Waals surface area contributed by atoms with E-state index in [-0.39, 0.29) is 19.0 Å². The SMILES string of the molecule is C[C@H]1C[C@@H](NS(=O)(=O)c2cccc(C(F)(F)F)c2)CN1C(=O)O. The van der Waals surface area contributed by atoms with E-state index in [4.69, 9.17) is 5.11 Å². The molecule has 0 bridgehead atoms. The molecule has 1 aliphatic rings. The molecule has 128 valence electrons. The van der Waals surface area contributed by atoms with Crippen molar-refractivity contribution in [1.29, 1.82) is 0 Å². The van der Waals surface area contributed by atoms with Gasteiger partial charge in [0.1, 0.15) is 0 Å². The number of hydrogen-bond acceptors (Lipinski definition) is 3. The third-order valence-electron chi connectivity index (χ3n) is 3.61. The summed E-state index contributed by atoms with van der Waals surface area (Å²) in [6.45, 7) is 1.58. The second-order valence-corrected chi connectivity index (χ2v) is 7.08. The highest BCUT2D eigenvalue weighted by atomic mass is 32.2. The maximum Gasteiger partial charge on any atom is 0.416 e. The number of amides is 1. The van der Waals surface area contributed by atoms with Crippen LogP contribution in [-0.2, 0) is 16.2 Å². The molecule has 0 unspecified atom stereocenters. The van der Waals surface area contributed by atoms with Crippen LogP contribution in [0.2, 0.25) is 0 Å². The summed E-state index contributed by atoms with van der Waals surface area (Å²) < 4.78 is 64.7. The zero-order chi connectivity index (χ0) is 17.4. The lowest BCUT2D eigenvalue weighted by Gasteiger charge is -2.16. The van der Waals surface area contributed by atoms with E-state index in [1.807, 2.05) is 0 Å². The van der Waals surface area contributed by atoms with Gasteiger partial charge in [0.05, 0.1) is 10.5 Å². The molecule has 23 heavy (non-hydrogen) atoms. The average Bonchev–Trinajstić information content (AvgIpc) is 2.78. The second kappa shape index (κ2) is 6.00. The first-order valence-electron chi connectivity index (χ1n) is 6.70. The molecule has 10 heteroatoms. The Hall–Kier alpha value is -1.81. The summed E-state index contributed by atoms with van der Waals surface area (Å²) in [6, 6.07) is 2.35. The van der Waals surface area contributed by atoms with Gasteiger partial charge in [-0.05, 0) is 31.5 Å². The van der Waals surface area contributed by atoms with E-state index in [0.717, 1.165) is 23.1 Å². The van der Waals surface area contributed by atoms with E-state index in [9.17, 15) is 26.4 Å². The van der Waals surface area contributed by atoms with Crippen molar-refractivity contribution in [1.82, 2.24) is 9.62 Å². The van der Waals surface area contributed by atoms with Gasteiger partial charge in [0.25, 0.3) is 0 Å². The first-order valence-corrected chi connectivity index (χ1v) is 8.18. The third kappa shape index (κ3) is 3.94. The molecular weight excluding hydrogens is 337 g/mol. The number of nitrogens with zero attached hydrogens (tertiary/aromatic N) is 1. The van der Waals surface area contributed by atoms with E-state index < -0.39 is 38.8 Å². The van der Waals surface area contributed by atoms with Crippen LogP contribution in [0.15, 0.2) is 29.2 Å². The van der Waals surface area contributed by atoms with E-state index in [1.165, 1.54) is 0 Å². The highest BCUT2D eigenvalue weighted by molar-refractivity contribution is 7.89. The molecule has 1 aromatic carbocycles. The molecule has 0 radical (unpaired) electrons. The molecule has 1 aliphatic heterocycles. The summed E-state index contributed by atoms with van der Waals surface area (Å²) in [4.78, 5) is 11.5. The lowest BCUT2D eigenvalue weighted by Crippen LogP contribution is -2.38. The molecule has 1 amide bonds. The van der Waals surface area contributed by atoms with Crippen molar-refractivity contribution in [2.45, 2.75) is 36.5 Å². The van der Waals surface area contributed by atoms with Gasteiger partial charge in [0, 0.05) is 18.6 Å². The number of alkyl halides is 3. The van der Waals surface area contributed by atoms with Crippen LogP contribution in [0, 0.1) is 0 Å². The summed E-state index contributed by atoms with van der Waals surface area (Å²) in [6.07, 6.45) is -5.56. The van der Waals surface area contributed by atoms with E-state index >= 15 is 0 Å². The quantitative estimate of drug-likeness (QED) is 0.872. The monoisotopic (exact) mass is 352 g/mol. The Kier molecular flexibility index (Phi) is 4.58. The topological polar surface area (TPSA) is 86.7 Å². The number of rotatable bonds is 3. The minimum atomic E-state index is -4.65. The zero-order valence-corrected chi connectivity index (χ0v) is 12.9. The molecule has 0 aromatic heterocycles. The van der Waals surface area contributed by atoms with Crippen LogP contribution in [0.3, 0.4) is 0 Å². The molecule has 1 aromatic rings. The second-order valence-electron chi connectivity index (χ2n) is 5.36. The fourth-order valence-corrected chi connectivity index (χ4v) is 3.80. The van der Waals surface area contributed by atoms with Crippen molar-refractivity contribution in [2.75, 3.05) is 6.54 Å². The maximum absolute atomic E-state index is 12.7. The summed E-state index contributed by atoms with van der Waals surface area (Å²) in [5.74, 6) is 0. The Balaban J connectivity index is 2.19. The predicted octanol–water partition coefficient (Wildman–Crippen LogP) is 2.12. The number of hydrogen-bond donors (Lipinski definition) is 2. The first kappa shape index (κ1) is 17.5. The molecule has 2 rings (SSSR count). The lowest BCUT2D eigenvalue weighted by atomic mass is 10.2. The molecule has 2 N–H and O–H groups in total. The summed E-state index contributed by atoms with van der Waals surface area (Å²) in [7, 11) is -4.17. The van der Waals surface area contributed by atoms with Crippen molar-refractivity contribution in [3.05, 3.63) is 29.8 Å². The minimum absolute atomic E-state index is 0.0469. The number of nitrogens with one attached hydrogen (secondary N) is 1. The standard InChI is InChI=1S/C13H15F3N2O4S/c1-8-5-10(7-18(8)12(19)20)17-23(21,22)11-4-2-3-9(6-11)13(14,15)16/h2-4,6,8,10,17H,5,7H2,1H3,(H,19,20)/t8-,10+/m0/s1. The van der Waals surface area contributed by atoms with Crippen LogP contribution in [0.1, 0.15) is 18.9 Å². The maximum atomic E-state index is 12.7. The largest absolute Gasteiger partial charge is 0.465 e. The predicted molar refractivity (Wildman–Crippen MR) is 74.4 cm³/mol. The van der Waals surface area contributed by atoms with Gasteiger partial charge in [-0.15, -0.1) is 0 Å². The van der Waals surface area contributed by atoms with Gasteiger partial charge in [0.2, 0.25) is 10.0 Å². The minimum Gasteiger partial charge on any atom is -0.465 e. The Labute approximate surface area is 131 Å². The van der Waals surface area contributed by atoms with E-state index in [2.05, 4.69) is 4.72 Å². The molecule has 6 nitrogen and oxygen atoms in total. The van der Waals surface area contributed by atoms with Crippen LogP contribution in [0.4, 0.5) is 18.0 Å². The van der Waals surface area contributed by atoms with Gasteiger partial charge in [-0.2, -0.15) is 13.2 Å². The van der Waals surface area contributed by atoms with Crippen molar-refractivity contribution in [3.63, 3.8) is 0 Å². The molecule has 1 heterocycles. The molecule has 0 saturated carbocycles. The van der Waals surface area contributed by atoms with Crippen LogP contribution in [0.25, 0.3) is 0 Å². The van der Waals surface area contributed by atoms with E-state index in [0.29, 0.717) is 6.07 Å². The Morgan fingerprint density at radius 2 is 2.04 bits per heavy atom. The lowest BCUT2D eigenvalue weighted by molar-refractivity contribution is -0.137. The summed E-state index contributed by atoms with van der Waals surface area (Å²) >= 11 is 0. The third-order valence-corrected chi connectivity index (χ3v) is 5.13. The van der Waals surface area contributed by atoms with Gasteiger partial charge >= 0.3 is 12.3 Å². The molecule has 1 fully saturated rings. The first-order chi connectivity index (χ1) is 10.5. The molecule has 2 atom stereocenters. The smallest absolute Gasteiger partial charge is 0.416 e.